The molecule has 0 saturated carbocycles. The van der Waals surface area contributed by atoms with E-state index in [-0.39, 0.29) is 0 Å². The van der Waals surface area contributed by atoms with E-state index in [4.69, 9.17) is 9.47 Å². The first-order chi connectivity index (χ1) is 25.9. The second-order valence-electron chi connectivity index (χ2n) is 13.9. The minimum atomic E-state index is 0.579. The number of hydrogen-bond donors (Lipinski definition) is 0. The van der Waals surface area contributed by atoms with E-state index < -0.39 is 0 Å². The number of anilines is 1. The van der Waals surface area contributed by atoms with Crippen LogP contribution in [0, 0.1) is 27.7 Å². The number of benzene rings is 6. The van der Waals surface area contributed by atoms with Crippen LogP contribution >= 0.6 is 23.1 Å². The van der Waals surface area contributed by atoms with Gasteiger partial charge in [-0.1, -0.05) is 103 Å². The van der Waals surface area contributed by atoms with Crippen molar-refractivity contribution in [2.45, 2.75) is 52.5 Å². The Morgan fingerprint density at radius 2 is 1.30 bits per heavy atom. The van der Waals surface area contributed by atoms with Gasteiger partial charge in [-0.25, -0.2) is 0 Å². The molecule has 8 rings (SSSR count). The summed E-state index contributed by atoms with van der Waals surface area (Å²) >= 11 is 3.73. The molecule has 1 aliphatic rings. The number of ether oxygens (including phenoxy) is 2. The third kappa shape index (κ3) is 7.18. The summed E-state index contributed by atoms with van der Waals surface area (Å²) in [4.78, 5) is 3.75. The fourth-order valence-electron chi connectivity index (χ4n) is 7.08. The SMILES string of the molecule is CCC(=Cc1sc2cc(C)c(C)cc2[n+]1CCOc1cccc2ccccc12)C=C1Sc2cc(C)c(C)cc2N1CCOc1cccc2ccccc12. The molecule has 0 aliphatic carbocycles. The molecular weight excluding hydrogens is 689 g/mol. The Hall–Kier alpha value is -5.04. The average molecular weight is 734 g/mol. The Balaban J connectivity index is 1.10. The Bertz CT molecular complexity index is 2540. The zero-order chi connectivity index (χ0) is 36.5. The summed E-state index contributed by atoms with van der Waals surface area (Å²) in [6.45, 7) is 13.7. The number of hydrogen-bond acceptors (Lipinski definition) is 5. The summed E-state index contributed by atoms with van der Waals surface area (Å²) in [5.74, 6) is 1.86. The normalized spacial score (nSPS) is 13.8. The highest BCUT2D eigenvalue weighted by molar-refractivity contribution is 8.03. The molecule has 0 spiro atoms. The Morgan fingerprint density at radius 3 is 2.00 bits per heavy atom. The Labute approximate surface area is 321 Å². The summed E-state index contributed by atoms with van der Waals surface area (Å²) in [7, 11) is 0. The minimum absolute atomic E-state index is 0.579. The third-order valence-electron chi connectivity index (χ3n) is 10.4. The largest absolute Gasteiger partial charge is 0.491 e. The van der Waals surface area contributed by atoms with Crippen molar-refractivity contribution >= 4 is 66.6 Å². The van der Waals surface area contributed by atoms with Crippen LogP contribution in [-0.2, 0) is 6.54 Å². The zero-order valence-electron chi connectivity index (χ0n) is 31.1. The molecule has 53 heavy (non-hydrogen) atoms. The lowest BCUT2D eigenvalue weighted by Gasteiger charge is -2.22. The molecule has 0 atom stereocenters. The average Bonchev–Trinajstić information content (AvgIpc) is 3.66. The van der Waals surface area contributed by atoms with E-state index >= 15 is 0 Å². The van der Waals surface area contributed by atoms with E-state index in [1.54, 1.807) is 0 Å². The van der Waals surface area contributed by atoms with Gasteiger partial charge >= 0.3 is 0 Å². The molecule has 266 valence electrons. The summed E-state index contributed by atoms with van der Waals surface area (Å²) in [5, 5.41) is 7.15. The molecular formula is C47H45N2O2S2+. The van der Waals surface area contributed by atoms with Crippen molar-refractivity contribution in [2.75, 3.05) is 24.7 Å². The predicted molar refractivity (Wildman–Crippen MR) is 226 cm³/mol. The first-order valence-corrected chi connectivity index (χ1v) is 20.1. The van der Waals surface area contributed by atoms with E-state index in [2.05, 4.69) is 165 Å². The van der Waals surface area contributed by atoms with Crippen LogP contribution < -0.4 is 18.9 Å². The fourth-order valence-corrected chi connectivity index (χ4v) is 9.57. The standard InChI is InChI=1S/C47H45N2O2S2/c1-6-35(29-46-48(40-25-31(2)33(4)27-44(40)52-46)21-23-50-42-19-11-15-36-13-7-9-17-38(36)42)30-47-49(41-26-32(3)34(5)28-45(41)53-47)22-24-51-43-20-12-16-37-14-8-10-18-39(37)43/h7-20,25-30H,6,21-24H2,1-5H3/q+1. The summed E-state index contributed by atoms with van der Waals surface area (Å²) in [6.07, 6.45) is 5.70. The van der Waals surface area contributed by atoms with Crippen molar-refractivity contribution in [3.05, 3.63) is 153 Å². The van der Waals surface area contributed by atoms with Gasteiger partial charge in [0.25, 0.3) is 5.01 Å². The van der Waals surface area contributed by atoms with Crippen LogP contribution in [0.3, 0.4) is 0 Å². The van der Waals surface area contributed by atoms with E-state index in [1.807, 2.05) is 23.1 Å². The van der Waals surface area contributed by atoms with E-state index in [9.17, 15) is 0 Å². The van der Waals surface area contributed by atoms with Gasteiger partial charge in [0, 0.05) is 27.8 Å². The maximum absolute atomic E-state index is 6.48. The van der Waals surface area contributed by atoms with Gasteiger partial charge in [0.2, 0.25) is 5.52 Å². The molecule has 0 amide bonds. The topological polar surface area (TPSA) is 25.6 Å². The predicted octanol–water partition coefficient (Wildman–Crippen LogP) is 12.1. The van der Waals surface area contributed by atoms with Crippen LogP contribution in [-0.4, -0.2) is 19.8 Å². The number of allylic oxidation sites excluding steroid dienone is 2. The zero-order valence-corrected chi connectivity index (χ0v) is 32.7. The molecule has 6 aromatic carbocycles. The highest BCUT2D eigenvalue weighted by Crippen LogP contribution is 2.47. The number of nitrogens with zero attached hydrogens (tertiary/aromatic N) is 2. The van der Waals surface area contributed by atoms with Crippen LogP contribution in [0.2, 0.25) is 0 Å². The smallest absolute Gasteiger partial charge is 0.263 e. The van der Waals surface area contributed by atoms with Gasteiger partial charge in [-0.3, -0.25) is 0 Å². The summed E-state index contributed by atoms with van der Waals surface area (Å²) < 4.78 is 16.7. The number of aryl methyl sites for hydroxylation is 4. The molecule has 6 heteroatoms. The first kappa shape index (κ1) is 35.0. The van der Waals surface area contributed by atoms with Crippen LogP contribution in [0.4, 0.5) is 5.69 Å². The Morgan fingerprint density at radius 1 is 0.698 bits per heavy atom. The maximum atomic E-state index is 6.48. The molecule has 0 bridgehead atoms. The molecule has 0 N–H and O–H groups in total. The van der Waals surface area contributed by atoms with Gasteiger partial charge in [-0.2, -0.15) is 4.57 Å². The molecule has 0 radical (unpaired) electrons. The van der Waals surface area contributed by atoms with E-state index in [0.29, 0.717) is 13.2 Å². The lowest BCUT2D eigenvalue weighted by atomic mass is 10.1. The van der Waals surface area contributed by atoms with Crippen LogP contribution in [0.15, 0.2) is 131 Å². The Kier molecular flexibility index (Phi) is 10.00. The van der Waals surface area contributed by atoms with Crippen molar-refractivity contribution in [1.29, 1.82) is 0 Å². The minimum Gasteiger partial charge on any atom is -0.491 e. The van der Waals surface area contributed by atoms with Gasteiger partial charge in [0.05, 0.1) is 17.3 Å². The van der Waals surface area contributed by atoms with Crippen LogP contribution in [0.5, 0.6) is 11.5 Å². The summed E-state index contributed by atoms with van der Waals surface area (Å²) in [6, 6.07) is 38.8. The van der Waals surface area contributed by atoms with Crippen molar-refractivity contribution in [3.8, 4) is 11.5 Å². The molecule has 0 saturated heterocycles. The van der Waals surface area contributed by atoms with Crippen molar-refractivity contribution in [1.82, 2.24) is 0 Å². The molecule has 4 nitrogen and oxygen atoms in total. The molecule has 0 unspecified atom stereocenters. The number of thioether (sulfide) groups is 1. The van der Waals surface area contributed by atoms with Gasteiger partial charge in [-0.05, 0) is 109 Å². The fraction of sp³-hybridized carbons (Fsp3) is 0.213. The molecule has 0 fully saturated rings. The lowest BCUT2D eigenvalue weighted by Crippen LogP contribution is -2.38. The first-order valence-electron chi connectivity index (χ1n) is 18.5. The monoisotopic (exact) mass is 733 g/mol. The number of aromatic nitrogens is 1. The number of thiazole rings is 1. The molecule has 7 aromatic rings. The highest BCUT2D eigenvalue weighted by atomic mass is 32.2. The van der Waals surface area contributed by atoms with Crippen LogP contribution in [0.1, 0.15) is 40.6 Å². The maximum Gasteiger partial charge on any atom is 0.263 e. The number of fused-ring (bicyclic) bond motifs is 4. The van der Waals surface area contributed by atoms with Gasteiger partial charge in [-0.15, -0.1) is 0 Å². The van der Waals surface area contributed by atoms with Crippen molar-refractivity contribution in [2.24, 2.45) is 0 Å². The van der Waals surface area contributed by atoms with E-state index in [0.717, 1.165) is 41.8 Å². The molecule has 1 aliphatic heterocycles. The van der Waals surface area contributed by atoms with E-state index in [1.165, 1.54) is 69.4 Å². The molecule has 2 heterocycles. The van der Waals surface area contributed by atoms with Gasteiger partial charge < -0.3 is 14.4 Å². The van der Waals surface area contributed by atoms with Gasteiger partial charge in [0.15, 0.2) is 6.54 Å². The number of rotatable bonds is 11. The van der Waals surface area contributed by atoms with Crippen LogP contribution in [0.25, 0.3) is 37.8 Å². The third-order valence-corrected chi connectivity index (χ3v) is 12.6. The second-order valence-corrected chi connectivity index (χ2v) is 16.0. The van der Waals surface area contributed by atoms with Gasteiger partial charge in [0.1, 0.15) is 29.4 Å². The molecule has 1 aromatic heterocycles. The quantitative estimate of drug-likeness (QED) is 0.124. The summed E-state index contributed by atoms with van der Waals surface area (Å²) in [5.41, 5.74) is 9.05. The van der Waals surface area contributed by atoms with Crippen molar-refractivity contribution < 1.29 is 14.0 Å². The highest BCUT2D eigenvalue weighted by Gasteiger charge is 2.27. The second kappa shape index (κ2) is 15.1. The lowest BCUT2D eigenvalue weighted by molar-refractivity contribution is -0.669. The van der Waals surface area contributed by atoms with Crippen molar-refractivity contribution in [3.63, 3.8) is 0 Å².